The number of carbonyl (C=O) groups is 1. The third-order valence-electron chi connectivity index (χ3n) is 7.71. The first-order chi connectivity index (χ1) is 19.3. The van der Waals surface area contributed by atoms with Crippen molar-refractivity contribution in [1.82, 2.24) is 19.8 Å². The molecule has 13 heteroatoms. The van der Waals surface area contributed by atoms with Gasteiger partial charge in [0.2, 0.25) is 11.9 Å². The summed E-state index contributed by atoms with van der Waals surface area (Å²) in [6, 6.07) is 3.50. The van der Waals surface area contributed by atoms with Crippen LogP contribution in [0.1, 0.15) is 12.5 Å². The highest BCUT2D eigenvalue weighted by atomic mass is 19.4. The van der Waals surface area contributed by atoms with E-state index in [9.17, 15) is 27.5 Å². The lowest BCUT2D eigenvalue weighted by molar-refractivity contribution is -0.137. The largest absolute Gasteiger partial charge is 0.507 e. The maximum Gasteiger partial charge on any atom is 0.417 e. The molecule has 2 fully saturated rings. The SMILES string of the molecule is C=CC(=O)N1CCN(c2nc(N3CC(N(C)C)C3)nc3c(F)c(-c4c(O)cccc4F)c(C(F)(F)F)cc23)C[C@H]1C. The van der Waals surface area contributed by atoms with Crippen molar-refractivity contribution in [2.75, 3.05) is 56.6 Å². The number of rotatable bonds is 5. The molecule has 218 valence electrons. The van der Waals surface area contributed by atoms with Crippen LogP contribution in [0.5, 0.6) is 5.75 Å². The molecule has 2 aliphatic rings. The van der Waals surface area contributed by atoms with E-state index in [1.807, 2.05) is 19.0 Å². The number of hydrogen-bond acceptors (Lipinski definition) is 7. The Morgan fingerprint density at radius 3 is 2.39 bits per heavy atom. The Morgan fingerprint density at radius 1 is 1.10 bits per heavy atom. The molecule has 1 N–H and O–H groups in total. The maximum atomic E-state index is 16.3. The van der Waals surface area contributed by atoms with Crippen LogP contribution in [0.4, 0.5) is 33.7 Å². The van der Waals surface area contributed by atoms with Gasteiger partial charge in [-0.3, -0.25) is 4.79 Å². The van der Waals surface area contributed by atoms with Gasteiger partial charge in [-0.2, -0.15) is 18.2 Å². The number of alkyl halides is 3. The number of phenolic OH excluding ortho intramolecular Hbond substituents is 1. The minimum absolute atomic E-state index is 0.0737. The fraction of sp³-hybridized carbons (Fsp3) is 0.393. The van der Waals surface area contributed by atoms with E-state index in [4.69, 9.17) is 0 Å². The fourth-order valence-corrected chi connectivity index (χ4v) is 5.35. The molecule has 2 aliphatic heterocycles. The van der Waals surface area contributed by atoms with Crippen LogP contribution < -0.4 is 9.80 Å². The van der Waals surface area contributed by atoms with Crippen LogP contribution in [0.2, 0.25) is 0 Å². The topological polar surface area (TPSA) is 76.0 Å². The molecule has 0 spiro atoms. The van der Waals surface area contributed by atoms with E-state index in [0.717, 1.165) is 18.2 Å². The number of amides is 1. The van der Waals surface area contributed by atoms with E-state index >= 15 is 4.39 Å². The molecule has 0 bridgehead atoms. The molecular formula is C28H29F5N6O2. The lowest BCUT2D eigenvalue weighted by atomic mass is 9.94. The third kappa shape index (κ3) is 5.03. The first-order valence-corrected chi connectivity index (χ1v) is 13.0. The molecule has 0 saturated carbocycles. The van der Waals surface area contributed by atoms with Gasteiger partial charge in [0.15, 0.2) is 5.82 Å². The van der Waals surface area contributed by atoms with Gasteiger partial charge in [0.05, 0.1) is 11.1 Å². The van der Waals surface area contributed by atoms with Crippen LogP contribution in [0.25, 0.3) is 22.0 Å². The average molecular weight is 577 g/mol. The van der Waals surface area contributed by atoms with Crippen LogP contribution >= 0.6 is 0 Å². The second kappa shape index (κ2) is 10.4. The highest BCUT2D eigenvalue weighted by Crippen LogP contribution is 2.46. The maximum absolute atomic E-state index is 16.3. The lowest BCUT2D eigenvalue weighted by Gasteiger charge is -2.43. The van der Waals surface area contributed by atoms with Crippen molar-refractivity contribution in [1.29, 1.82) is 0 Å². The third-order valence-corrected chi connectivity index (χ3v) is 7.71. The van der Waals surface area contributed by atoms with E-state index in [1.165, 1.54) is 6.08 Å². The van der Waals surface area contributed by atoms with E-state index < -0.39 is 45.8 Å². The van der Waals surface area contributed by atoms with Gasteiger partial charge in [-0.1, -0.05) is 12.6 Å². The molecule has 0 radical (unpaired) electrons. The van der Waals surface area contributed by atoms with E-state index in [-0.39, 0.29) is 54.8 Å². The number of piperazine rings is 1. The summed E-state index contributed by atoms with van der Waals surface area (Å²) in [5.41, 5.74) is -3.92. The van der Waals surface area contributed by atoms with Gasteiger partial charge >= 0.3 is 6.18 Å². The van der Waals surface area contributed by atoms with Gasteiger partial charge < -0.3 is 24.7 Å². The zero-order chi connectivity index (χ0) is 29.8. The number of fused-ring (bicyclic) bond motifs is 1. The fourth-order valence-electron chi connectivity index (χ4n) is 5.35. The van der Waals surface area contributed by atoms with E-state index in [1.54, 1.807) is 21.6 Å². The summed E-state index contributed by atoms with van der Waals surface area (Å²) in [5, 5.41) is 10.1. The summed E-state index contributed by atoms with van der Waals surface area (Å²) < 4.78 is 74.4. The Hall–Kier alpha value is -4.00. The van der Waals surface area contributed by atoms with Crippen molar-refractivity contribution in [2.45, 2.75) is 25.2 Å². The van der Waals surface area contributed by atoms with Crippen LogP contribution in [0, 0.1) is 11.6 Å². The van der Waals surface area contributed by atoms with Crippen molar-refractivity contribution in [3.8, 4) is 16.9 Å². The number of carbonyl (C=O) groups excluding carboxylic acids is 1. The zero-order valence-corrected chi connectivity index (χ0v) is 22.7. The molecule has 5 rings (SSSR count). The number of phenols is 1. The molecule has 0 aliphatic carbocycles. The number of likely N-dealkylation sites (N-methyl/N-ethyl adjacent to an activating group) is 1. The van der Waals surface area contributed by atoms with Crippen molar-refractivity contribution < 1.29 is 31.9 Å². The Labute approximate surface area is 233 Å². The first-order valence-electron chi connectivity index (χ1n) is 13.0. The number of halogens is 5. The van der Waals surface area contributed by atoms with Crippen molar-refractivity contribution in [2.24, 2.45) is 0 Å². The molecular weight excluding hydrogens is 547 g/mol. The van der Waals surface area contributed by atoms with Crippen molar-refractivity contribution in [3.63, 3.8) is 0 Å². The van der Waals surface area contributed by atoms with Gasteiger partial charge in [0.1, 0.15) is 22.9 Å². The van der Waals surface area contributed by atoms with Gasteiger partial charge in [-0.05, 0) is 45.3 Å². The molecule has 1 atom stereocenters. The predicted octanol–water partition coefficient (Wildman–Crippen LogP) is 4.27. The van der Waals surface area contributed by atoms with Crippen LogP contribution in [0.15, 0.2) is 36.9 Å². The normalized spacial score (nSPS) is 18.3. The van der Waals surface area contributed by atoms with Crippen LogP contribution in [0.3, 0.4) is 0 Å². The van der Waals surface area contributed by atoms with Crippen LogP contribution in [-0.4, -0.2) is 89.7 Å². The number of aromatic hydroxyl groups is 1. The van der Waals surface area contributed by atoms with Gasteiger partial charge in [0.25, 0.3) is 0 Å². The molecule has 3 aromatic rings. The molecule has 8 nitrogen and oxygen atoms in total. The molecule has 1 amide bonds. The number of anilines is 2. The molecule has 2 saturated heterocycles. The minimum Gasteiger partial charge on any atom is -0.507 e. The van der Waals surface area contributed by atoms with Gasteiger partial charge in [-0.15, -0.1) is 0 Å². The Morgan fingerprint density at radius 2 is 1.80 bits per heavy atom. The zero-order valence-electron chi connectivity index (χ0n) is 22.7. The second-order valence-corrected chi connectivity index (χ2v) is 10.5. The number of nitrogens with zero attached hydrogens (tertiary/aromatic N) is 6. The summed E-state index contributed by atoms with van der Waals surface area (Å²) >= 11 is 0. The summed E-state index contributed by atoms with van der Waals surface area (Å²) in [5.74, 6) is -3.55. The Kier molecular flexibility index (Phi) is 7.26. The average Bonchev–Trinajstić information content (AvgIpc) is 2.87. The summed E-state index contributed by atoms with van der Waals surface area (Å²) in [6.45, 7) is 7.00. The summed E-state index contributed by atoms with van der Waals surface area (Å²) in [7, 11) is 3.82. The van der Waals surface area contributed by atoms with Gasteiger partial charge in [0, 0.05) is 55.8 Å². The summed E-state index contributed by atoms with van der Waals surface area (Å²) in [6.07, 6.45) is -3.91. The molecule has 2 aromatic carbocycles. The molecule has 41 heavy (non-hydrogen) atoms. The van der Waals surface area contributed by atoms with Crippen molar-refractivity contribution >= 4 is 28.6 Å². The molecule has 1 aromatic heterocycles. The Bertz CT molecular complexity index is 1500. The van der Waals surface area contributed by atoms with Gasteiger partial charge in [-0.25, -0.2) is 13.8 Å². The monoisotopic (exact) mass is 576 g/mol. The minimum atomic E-state index is -5.10. The second-order valence-electron chi connectivity index (χ2n) is 10.5. The smallest absolute Gasteiger partial charge is 0.417 e. The summed E-state index contributed by atoms with van der Waals surface area (Å²) in [4.78, 5) is 28.3. The molecule has 3 heterocycles. The quantitative estimate of drug-likeness (QED) is 0.359. The lowest BCUT2D eigenvalue weighted by Crippen LogP contribution is -2.58. The van der Waals surface area contributed by atoms with E-state index in [2.05, 4.69) is 16.5 Å². The highest BCUT2D eigenvalue weighted by molar-refractivity contribution is 5.96. The highest BCUT2D eigenvalue weighted by Gasteiger charge is 2.40. The standard InChI is InChI=1S/C28H29F5N6O2/c1-5-21(41)39-10-9-37(12-15(39)2)26-17-11-18(28(31,32)33)22(23-19(29)7-6-8-20(23)40)24(30)25(17)34-27(35-26)38-13-16(14-38)36(3)4/h5-8,11,15-16,40H,1,9-10,12-14H2,2-4H3/t15-/m1/s1. The number of benzene rings is 2. The van der Waals surface area contributed by atoms with Crippen molar-refractivity contribution in [3.05, 3.63) is 54.1 Å². The van der Waals surface area contributed by atoms with E-state index in [0.29, 0.717) is 19.2 Å². The number of aromatic nitrogens is 2. The molecule has 0 unspecified atom stereocenters. The predicted molar refractivity (Wildman–Crippen MR) is 145 cm³/mol. The first kappa shape index (κ1) is 28.5. The van der Waals surface area contributed by atoms with Crippen LogP contribution in [-0.2, 0) is 11.0 Å². The number of hydrogen-bond donors (Lipinski definition) is 1. The Balaban J connectivity index is 1.74.